The van der Waals surface area contributed by atoms with Gasteiger partial charge in [0, 0.05) is 13.6 Å². The van der Waals surface area contributed by atoms with Crippen LogP contribution in [0.3, 0.4) is 0 Å². The molecular weight excluding hydrogens is 360 g/mol. The zero-order valence-corrected chi connectivity index (χ0v) is 16.9. The van der Waals surface area contributed by atoms with E-state index in [-0.39, 0.29) is 12.5 Å². The molecule has 2 unspecified atom stereocenters. The Labute approximate surface area is 155 Å². The number of hydrogen-bond donors (Lipinski definition) is 1. The molecule has 1 saturated heterocycles. The molecular formula is C17H28N2O6S. The predicted molar refractivity (Wildman–Crippen MR) is 98.1 cm³/mol. The second kappa shape index (κ2) is 8.43. The first kappa shape index (κ1) is 20.8. The van der Waals surface area contributed by atoms with Gasteiger partial charge < -0.3 is 14.2 Å². The lowest BCUT2D eigenvalue weighted by Gasteiger charge is -2.25. The summed E-state index contributed by atoms with van der Waals surface area (Å²) in [6, 6.07) is 3.00. The van der Waals surface area contributed by atoms with E-state index in [4.69, 9.17) is 19.0 Å². The Morgan fingerprint density at radius 1 is 1.19 bits per heavy atom. The van der Waals surface area contributed by atoms with Crippen LogP contribution in [0.1, 0.15) is 25.5 Å². The average molecular weight is 388 g/mol. The zero-order valence-electron chi connectivity index (χ0n) is 16.1. The second-order valence-corrected chi connectivity index (χ2v) is 8.56. The lowest BCUT2D eigenvalue weighted by molar-refractivity contribution is -0.110. The Bertz CT molecular complexity index is 697. The van der Waals surface area contributed by atoms with Crippen LogP contribution in [0.25, 0.3) is 0 Å². The molecule has 0 spiro atoms. The van der Waals surface area contributed by atoms with Crippen LogP contribution in [-0.2, 0) is 14.9 Å². The van der Waals surface area contributed by atoms with Crippen LogP contribution in [0.4, 0.5) is 0 Å². The molecule has 0 aromatic heterocycles. The molecule has 1 fully saturated rings. The quantitative estimate of drug-likeness (QED) is 0.723. The van der Waals surface area contributed by atoms with Crippen molar-refractivity contribution < 1.29 is 27.5 Å². The molecule has 0 radical (unpaired) electrons. The summed E-state index contributed by atoms with van der Waals surface area (Å²) in [5.41, 5.74) is 0.708. The maximum Gasteiger partial charge on any atom is 0.218 e. The SMILES string of the molecule is COc1cc(C2C(S(=O)(=O)NCC(C)C)CON2C)cc(OC)c1OC. The number of methoxy groups -OCH3 is 3. The van der Waals surface area contributed by atoms with Gasteiger partial charge in [-0.1, -0.05) is 13.8 Å². The van der Waals surface area contributed by atoms with Crippen molar-refractivity contribution in [3.63, 3.8) is 0 Å². The minimum absolute atomic E-state index is 0.0747. The lowest BCUT2D eigenvalue weighted by atomic mass is 10.0. The molecule has 9 heteroatoms. The van der Waals surface area contributed by atoms with E-state index in [2.05, 4.69) is 4.72 Å². The third-order valence-corrected chi connectivity index (χ3v) is 6.07. The van der Waals surface area contributed by atoms with Gasteiger partial charge in [0.2, 0.25) is 15.8 Å². The smallest absolute Gasteiger partial charge is 0.218 e. The number of sulfonamides is 1. The molecule has 0 aliphatic carbocycles. The minimum Gasteiger partial charge on any atom is -0.493 e. The van der Waals surface area contributed by atoms with E-state index < -0.39 is 21.3 Å². The maximum atomic E-state index is 12.8. The average Bonchev–Trinajstić information content (AvgIpc) is 3.01. The van der Waals surface area contributed by atoms with E-state index in [1.165, 1.54) is 21.3 Å². The van der Waals surface area contributed by atoms with E-state index in [9.17, 15) is 8.42 Å². The number of hydroxylamine groups is 2. The number of rotatable bonds is 8. The fourth-order valence-electron chi connectivity index (χ4n) is 2.94. The first-order valence-corrected chi connectivity index (χ1v) is 9.93. The van der Waals surface area contributed by atoms with E-state index in [0.29, 0.717) is 29.4 Å². The Morgan fingerprint density at radius 3 is 2.23 bits per heavy atom. The van der Waals surface area contributed by atoms with E-state index in [1.807, 2.05) is 13.8 Å². The number of nitrogens with one attached hydrogen (secondary N) is 1. The van der Waals surface area contributed by atoms with Crippen molar-refractivity contribution in [3.05, 3.63) is 17.7 Å². The topological polar surface area (TPSA) is 86.3 Å². The van der Waals surface area contributed by atoms with Crippen molar-refractivity contribution in [2.24, 2.45) is 5.92 Å². The lowest BCUT2D eigenvalue weighted by Crippen LogP contribution is -2.40. The maximum absolute atomic E-state index is 12.8. The van der Waals surface area contributed by atoms with E-state index in [0.717, 1.165) is 0 Å². The van der Waals surface area contributed by atoms with Crippen LogP contribution in [-0.4, -0.2) is 60.3 Å². The highest BCUT2D eigenvalue weighted by Crippen LogP contribution is 2.43. The van der Waals surface area contributed by atoms with Gasteiger partial charge in [-0.3, -0.25) is 4.84 Å². The van der Waals surface area contributed by atoms with Crippen LogP contribution in [0.5, 0.6) is 17.2 Å². The van der Waals surface area contributed by atoms with Gasteiger partial charge in [0.05, 0.1) is 34.0 Å². The summed E-state index contributed by atoms with van der Waals surface area (Å²) >= 11 is 0. The van der Waals surface area contributed by atoms with E-state index in [1.54, 1.807) is 24.2 Å². The summed E-state index contributed by atoms with van der Waals surface area (Å²) < 4.78 is 44.4. The summed E-state index contributed by atoms with van der Waals surface area (Å²) in [6.07, 6.45) is 0. The van der Waals surface area contributed by atoms with Gasteiger partial charge in [-0.05, 0) is 23.6 Å². The van der Waals surface area contributed by atoms with Crippen molar-refractivity contribution in [2.45, 2.75) is 25.1 Å². The number of hydrogen-bond acceptors (Lipinski definition) is 7. The highest BCUT2D eigenvalue weighted by Gasteiger charge is 2.43. The predicted octanol–water partition coefficient (Wildman–Crippen LogP) is 1.57. The molecule has 1 N–H and O–H groups in total. The number of benzene rings is 1. The molecule has 1 aromatic rings. The van der Waals surface area contributed by atoms with Crippen LogP contribution in [0.15, 0.2) is 12.1 Å². The van der Waals surface area contributed by atoms with Crippen molar-refractivity contribution in [3.8, 4) is 17.2 Å². The fraction of sp³-hybridized carbons (Fsp3) is 0.647. The molecule has 1 aromatic carbocycles. The first-order valence-electron chi connectivity index (χ1n) is 8.39. The molecule has 26 heavy (non-hydrogen) atoms. The zero-order chi connectivity index (χ0) is 19.5. The molecule has 0 saturated carbocycles. The normalized spacial score (nSPS) is 21.2. The van der Waals surface area contributed by atoms with Gasteiger partial charge in [-0.25, -0.2) is 13.1 Å². The number of nitrogens with zero attached hydrogens (tertiary/aromatic N) is 1. The first-order chi connectivity index (χ1) is 12.2. The van der Waals surface area contributed by atoms with Crippen molar-refractivity contribution in [1.29, 1.82) is 0 Å². The molecule has 0 amide bonds. The number of ether oxygens (including phenoxy) is 3. The summed E-state index contributed by atoms with van der Waals surface area (Å²) in [5, 5.41) is 0.800. The summed E-state index contributed by atoms with van der Waals surface area (Å²) in [4.78, 5) is 5.53. The molecule has 2 rings (SSSR count). The third kappa shape index (κ3) is 4.22. The van der Waals surface area contributed by atoms with Crippen LogP contribution in [0, 0.1) is 5.92 Å². The summed E-state index contributed by atoms with van der Waals surface area (Å²) in [7, 11) is 2.71. The molecule has 8 nitrogen and oxygen atoms in total. The Hall–Kier alpha value is -1.55. The van der Waals surface area contributed by atoms with E-state index >= 15 is 0 Å². The van der Waals surface area contributed by atoms with Gasteiger partial charge in [-0.2, -0.15) is 5.06 Å². The van der Waals surface area contributed by atoms with Crippen LogP contribution < -0.4 is 18.9 Å². The van der Waals surface area contributed by atoms with Gasteiger partial charge >= 0.3 is 0 Å². The van der Waals surface area contributed by atoms with Crippen molar-refractivity contribution in [2.75, 3.05) is 41.5 Å². The molecule has 0 bridgehead atoms. The van der Waals surface area contributed by atoms with Gasteiger partial charge in [0.15, 0.2) is 11.5 Å². The molecule has 1 aliphatic rings. The summed E-state index contributed by atoms with van der Waals surface area (Å²) in [6.45, 7) is 4.36. The van der Waals surface area contributed by atoms with Gasteiger partial charge in [0.25, 0.3) is 0 Å². The van der Waals surface area contributed by atoms with Gasteiger partial charge in [0.1, 0.15) is 5.25 Å². The third-order valence-electron chi connectivity index (χ3n) is 4.31. The fourth-order valence-corrected chi connectivity index (χ4v) is 4.63. The standard InChI is InChI=1S/C17H28N2O6S/c1-11(2)9-18-26(20,21)15-10-25-19(3)16(15)12-7-13(22-4)17(24-6)14(8-12)23-5/h7-8,11,15-16,18H,9-10H2,1-6H3. The molecule has 2 atom stereocenters. The molecule has 1 heterocycles. The highest BCUT2D eigenvalue weighted by atomic mass is 32.2. The monoisotopic (exact) mass is 388 g/mol. The molecule has 148 valence electrons. The molecule has 1 aliphatic heterocycles. The Balaban J connectivity index is 2.44. The minimum atomic E-state index is -3.57. The Morgan fingerprint density at radius 2 is 1.77 bits per heavy atom. The largest absolute Gasteiger partial charge is 0.493 e. The van der Waals surface area contributed by atoms with Crippen LogP contribution >= 0.6 is 0 Å². The second-order valence-electron chi connectivity index (χ2n) is 6.57. The van der Waals surface area contributed by atoms with Gasteiger partial charge in [-0.15, -0.1) is 0 Å². The van der Waals surface area contributed by atoms with Crippen molar-refractivity contribution in [1.82, 2.24) is 9.79 Å². The van der Waals surface area contributed by atoms with Crippen LogP contribution in [0.2, 0.25) is 0 Å². The Kier molecular flexibility index (Phi) is 6.73. The highest BCUT2D eigenvalue weighted by molar-refractivity contribution is 7.90. The summed E-state index contributed by atoms with van der Waals surface area (Å²) in [5.74, 6) is 1.60. The van der Waals surface area contributed by atoms with Crippen molar-refractivity contribution >= 4 is 10.0 Å².